The highest BCUT2D eigenvalue weighted by Gasteiger charge is 2.20. The Morgan fingerprint density at radius 2 is 2.23 bits per heavy atom. The van der Waals surface area contributed by atoms with Gasteiger partial charge in [0.15, 0.2) is 5.82 Å². The summed E-state index contributed by atoms with van der Waals surface area (Å²) in [7, 11) is 0. The molecule has 0 radical (unpaired) electrons. The van der Waals surface area contributed by atoms with Crippen molar-refractivity contribution >= 4 is 22.2 Å². The summed E-state index contributed by atoms with van der Waals surface area (Å²) in [4.78, 5) is 16.4. The fourth-order valence-electron chi connectivity index (χ4n) is 3.71. The Morgan fingerprint density at radius 1 is 1.27 bits per heavy atom. The zero-order valence-corrected chi connectivity index (χ0v) is 15.5. The number of fused-ring (bicyclic) bond motifs is 2. The summed E-state index contributed by atoms with van der Waals surface area (Å²) in [5.74, 6) is 0.860. The predicted octanol–water partition coefficient (Wildman–Crippen LogP) is 4.55. The quantitative estimate of drug-likeness (QED) is 0.583. The second-order valence-electron chi connectivity index (χ2n) is 6.97. The van der Waals surface area contributed by atoms with Crippen LogP contribution in [-0.4, -0.2) is 26.4 Å². The van der Waals surface area contributed by atoms with Gasteiger partial charge in [0.05, 0.1) is 10.6 Å². The fraction of sp³-hybridized carbons (Fsp3) is 0.238. The summed E-state index contributed by atoms with van der Waals surface area (Å²) in [5.41, 5.74) is 6.33. The van der Waals surface area contributed by atoms with Crippen molar-refractivity contribution in [3.8, 4) is 10.7 Å². The number of benzene rings is 1. The van der Waals surface area contributed by atoms with E-state index in [4.69, 9.17) is 4.98 Å². The second-order valence-corrected chi connectivity index (χ2v) is 7.91. The third kappa shape index (κ3) is 2.83. The van der Waals surface area contributed by atoms with E-state index in [1.165, 1.54) is 33.3 Å². The van der Waals surface area contributed by atoms with Gasteiger partial charge in [-0.2, -0.15) is 0 Å². The summed E-state index contributed by atoms with van der Waals surface area (Å²) >= 11 is 1.69. The van der Waals surface area contributed by atoms with Crippen LogP contribution in [0.5, 0.6) is 0 Å². The van der Waals surface area contributed by atoms with E-state index in [2.05, 4.69) is 57.6 Å². The zero-order chi connectivity index (χ0) is 17.5. The van der Waals surface area contributed by atoms with Crippen molar-refractivity contribution in [3.63, 3.8) is 0 Å². The molecule has 0 atom stereocenters. The van der Waals surface area contributed by atoms with Crippen molar-refractivity contribution in [1.29, 1.82) is 0 Å². The maximum absolute atomic E-state index is 4.81. The largest absolute Gasteiger partial charge is 0.361 e. The Balaban J connectivity index is 1.37. The number of nitrogens with one attached hydrogen (secondary N) is 1. The summed E-state index contributed by atoms with van der Waals surface area (Å²) in [6.45, 7) is 5.03. The average molecular weight is 360 g/mol. The molecule has 1 aliphatic rings. The molecule has 26 heavy (non-hydrogen) atoms. The van der Waals surface area contributed by atoms with E-state index in [1.807, 2.05) is 12.3 Å². The van der Waals surface area contributed by atoms with Crippen molar-refractivity contribution < 1.29 is 0 Å². The molecule has 0 bridgehead atoms. The van der Waals surface area contributed by atoms with Gasteiger partial charge in [-0.25, -0.2) is 9.97 Å². The maximum Gasteiger partial charge on any atom is 0.169 e. The number of rotatable bonds is 3. The second kappa shape index (κ2) is 6.34. The molecule has 0 amide bonds. The topological polar surface area (TPSA) is 44.8 Å². The van der Waals surface area contributed by atoms with Gasteiger partial charge in [0.2, 0.25) is 0 Å². The lowest BCUT2D eigenvalue weighted by Crippen LogP contribution is -2.30. The SMILES string of the molecule is Cc1ccc2c(CN3CCc4nc(-c5cccs5)ncc4C3)c[nH]c2c1. The standard InChI is InChI=1S/C21H20N4S/c1-14-4-5-17-15(10-22-19(17)9-14)12-25-7-6-18-16(13-25)11-23-21(24-18)20-3-2-8-26-20/h2-5,8-11,22H,6-7,12-13H2,1H3. The van der Waals surface area contributed by atoms with Crippen LogP contribution in [0.1, 0.15) is 22.4 Å². The highest BCUT2D eigenvalue weighted by atomic mass is 32.1. The highest BCUT2D eigenvalue weighted by molar-refractivity contribution is 7.13. The lowest BCUT2D eigenvalue weighted by molar-refractivity contribution is 0.244. The maximum atomic E-state index is 4.81. The molecule has 5 rings (SSSR count). The Morgan fingerprint density at radius 3 is 3.12 bits per heavy atom. The van der Waals surface area contributed by atoms with Crippen molar-refractivity contribution in [1.82, 2.24) is 19.9 Å². The normalized spacial score (nSPS) is 14.7. The number of aromatic amines is 1. The summed E-state index contributed by atoms with van der Waals surface area (Å²) in [6, 6.07) is 10.8. The van der Waals surface area contributed by atoms with E-state index in [9.17, 15) is 0 Å². The van der Waals surface area contributed by atoms with Gasteiger partial charge in [-0.15, -0.1) is 11.3 Å². The van der Waals surface area contributed by atoms with Crippen molar-refractivity contribution in [2.24, 2.45) is 0 Å². The molecular weight excluding hydrogens is 340 g/mol. The fourth-order valence-corrected chi connectivity index (χ4v) is 4.37. The van der Waals surface area contributed by atoms with Crippen molar-refractivity contribution in [2.75, 3.05) is 6.54 Å². The number of aryl methyl sites for hydroxylation is 1. The first-order valence-electron chi connectivity index (χ1n) is 8.94. The number of hydrogen-bond acceptors (Lipinski definition) is 4. The monoisotopic (exact) mass is 360 g/mol. The van der Waals surface area contributed by atoms with Crippen LogP contribution in [0.25, 0.3) is 21.6 Å². The molecule has 3 aromatic heterocycles. The van der Waals surface area contributed by atoms with Crippen LogP contribution in [0, 0.1) is 6.92 Å². The van der Waals surface area contributed by atoms with E-state index < -0.39 is 0 Å². The van der Waals surface area contributed by atoms with Crippen LogP contribution < -0.4 is 0 Å². The van der Waals surface area contributed by atoms with Crippen LogP contribution >= 0.6 is 11.3 Å². The van der Waals surface area contributed by atoms with E-state index in [0.717, 1.165) is 36.8 Å². The van der Waals surface area contributed by atoms with Crippen LogP contribution in [-0.2, 0) is 19.5 Å². The number of aromatic nitrogens is 3. The third-order valence-electron chi connectivity index (χ3n) is 5.07. The first-order chi connectivity index (χ1) is 12.8. The number of H-pyrrole nitrogens is 1. The molecule has 0 spiro atoms. The molecular formula is C21H20N4S. The molecule has 4 nitrogen and oxygen atoms in total. The van der Waals surface area contributed by atoms with Crippen LogP contribution in [0.4, 0.5) is 0 Å². The Hall–Kier alpha value is -2.50. The van der Waals surface area contributed by atoms with E-state index in [0.29, 0.717) is 0 Å². The molecule has 4 aromatic rings. The molecule has 1 aliphatic heterocycles. The minimum absolute atomic E-state index is 0.860. The molecule has 1 aromatic carbocycles. The number of nitrogens with zero attached hydrogens (tertiary/aromatic N) is 3. The predicted molar refractivity (Wildman–Crippen MR) is 106 cm³/mol. The summed E-state index contributed by atoms with van der Waals surface area (Å²) < 4.78 is 0. The van der Waals surface area contributed by atoms with E-state index in [1.54, 1.807) is 11.3 Å². The summed E-state index contributed by atoms with van der Waals surface area (Å²) in [6.07, 6.45) is 5.15. The minimum atomic E-state index is 0.860. The van der Waals surface area contributed by atoms with Crippen molar-refractivity contribution in [3.05, 3.63) is 70.5 Å². The molecule has 0 saturated carbocycles. The average Bonchev–Trinajstić information content (AvgIpc) is 3.31. The van der Waals surface area contributed by atoms with Gasteiger partial charge in [-0.1, -0.05) is 18.2 Å². The Bertz CT molecular complexity index is 1070. The highest BCUT2D eigenvalue weighted by Crippen LogP contribution is 2.26. The third-order valence-corrected chi connectivity index (χ3v) is 5.94. The van der Waals surface area contributed by atoms with Crippen LogP contribution in [0.2, 0.25) is 0 Å². The molecule has 130 valence electrons. The van der Waals surface area contributed by atoms with Gasteiger partial charge in [-0.3, -0.25) is 4.90 Å². The van der Waals surface area contributed by atoms with Gasteiger partial charge in [0.25, 0.3) is 0 Å². The van der Waals surface area contributed by atoms with Gasteiger partial charge >= 0.3 is 0 Å². The van der Waals surface area contributed by atoms with Gasteiger partial charge in [0, 0.05) is 54.9 Å². The first kappa shape index (κ1) is 15.7. The molecule has 0 unspecified atom stereocenters. The molecule has 5 heteroatoms. The minimum Gasteiger partial charge on any atom is -0.361 e. The van der Waals surface area contributed by atoms with Crippen LogP contribution in [0.15, 0.2) is 48.1 Å². The Labute approximate surface area is 156 Å². The Kier molecular flexibility index (Phi) is 3.84. The van der Waals surface area contributed by atoms with Crippen molar-refractivity contribution in [2.45, 2.75) is 26.4 Å². The van der Waals surface area contributed by atoms with Gasteiger partial charge in [-0.05, 0) is 35.6 Å². The molecule has 4 heterocycles. The smallest absolute Gasteiger partial charge is 0.169 e. The van der Waals surface area contributed by atoms with Gasteiger partial charge in [0.1, 0.15) is 0 Å². The van der Waals surface area contributed by atoms with Gasteiger partial charge < -0.3 is 4.98 Å². The van der Waals surface area contributed by atoms with E-state index >= 15 is 0 Å². The van der Waals surface area contributed by atoms with Crippen LogP contribution in [0.3, 0.4) is 0 Å². The zero-order valence-electron chi connectivity index (χ0n) is 14.7. The summed E-state index contributed by atoms with van der Waals surface area (Å²) in [5, 5.41) is 3.40. The molecule has 0 saturated heterocycles. The molecule has 1 N–H and O–H groups in total. The molecule has 0 fully saturated rings. The first-order valence-corrected chi connectivity index (χ1v) is 9.82. The van der Waals surface area contributed by atoms with E-state index in [-0.39, 0.29) is 0 Å². The number of thiophene rings is 1. The lowest BCUT2D eigenvalue weighted by Gasteiger charge is -2.27. The number of hydrogen-bond donors (Lipinski definition) is 1. The lowest BCUT2D eigenvalue weighted by atomic mass is 10.1. The molecule has 0 aliphatic carbocycles.